The zero-order valence-electron chi connectivity index (χ0n) is 15.3. The zero-order chi connectivity index (χ0) is 18.1. The smallest absolute Gasteiger partial charge is 0.216 e. The van der Waals surface area contributed by atoms with Crippen molar-refractivity contribution in [1.29, 1.82) is 0 Å². The van der Waals surface area contributed by atoms with Crippen LogP contribution in [0.5, 0.6) is 0 Å². The Bertz CT molecular complexity index is 885. The molecule has 1 N–H and O–H groups in total. The molecule has 2 heterocycles. The number of benzene rings is 1. The number of nitrogens with zero attached hydrogens (tertiary/aromatic N) is 2. The molecule has 0 atom stereocenters. The molecule has 2 fully saturated rings. The summed E-state index contributed by atoms with van der Waals surface area (Å²) < 4.78 is 26.5. The molecule has 2 aromatic rings. The number of aromatic nitrogens is 1. The van der Waals surface area contributed by atoms with E-state index < -0.39 is 10.0 Å². The van der Waals surface area contributed by atoms with Crippen molar-refractivity contribution in [2.24, 2.45) is 0 Å². The topological polar surface area (TPSA) is 62.3 Å². The number of para-hydroxylation sites is 1. The highest BCUT2D eigenvalue weighted by molar-refractivity contribution is 7.90. The first-order valence-electron chi connectivity index (χ1n) is 9.72. The Labute approximate surface area is 155 Å². The summed E-state index contributed by atoms with van der Waals surface area (Å²) in [5.41, 5.74) is 3.26. The minimum atomic E-state index is -3.04. The highest BCUT2D eigenvalue weighted by atomic mass is 32.2. The molecule has 4 rings (SSSR count). The molecule has 0 unspecified atom stereocenters. The summed E-state index contributed by atoms with van der Waals surface area (Å²) in [4.78, 5) is 4.76. The van der Waals surface area contributed by atoms with E-state index in [9.17, 15) is 8.42 Å². The van der Waals surface area contributed by atoms with Crippen LogP contribution in [0.2, 0.25) is 0 Å². The summed E-state index contributed by atoms with van der Waals surface area (Å²) in [6.07, 6.45) is 5.42. The molecule has 1 aliphatic heterocycles. The Morgan fingerprint density at radius 2 is 1.88 bits per heavy atom. The molecular formula is C20H27N3O2S. The third kappa shape index (κ3) is 3.58. The quantitative estimate of drug-likeness (QED) is 0.841. The highest BCUT2D eigenvalue weighted by Gasteiger charge is 2.41. The first-order chi connectivity index (χ1) is 12.6. The van der Waals surface area contributed by atoms with Gasteiger partial charge in [0.2, 0.25) is 10.0 Å². The molecule has 0 spiro atoms. The molecule has 1 saturated heterocycles. The van der Waals surface area contributed by atoms with Crippen LogP contribution in [0.25, 0.3) is 10.9 Å². The van der Waals surface area contributed by atoms with Crippen molar-refractivity contribution in [3.63, 3.8) is 0 Å². The predicted molar refractivity (Wildman–Crippen MR) is 106 cm³/mol. The molecule has 2 aliphatic rings. The van der Waals surface area contributed by atoms with Crippen molar-refractivity contribution >= 4 is 26.6 Å². The van der Waals surface area contributed by atoms with Crippen molar-refractivity contribution in [1.82, 2.24) is 9.29 Å². The second-order valence-corrected chi connectivity index (χ2v) is 9.70. The minimum absolute atomic E-state index is 0.104. The lowest BCUT2D eigenvalue weighted by atomic mass is 10.0. The Morgan fingerprint density at radius 3 is 2.58 bits per heavy atom. The monoisotopic (exact) mass is 373 g/mol. The number of piperidine rings is 1. The number of pyridine rings is 1. The first kappa shape index (κ1) is 17.7. The van der Waals surface area contributed by atoms with Crippen molar-refractivity contribution in [3.05, 3.63) is 36.0 Å². The maximum atomic E-state index is 12.4. The van der Waals surface area contributed by atoms with Gasteiger partial charge in [0.25, 0.3) is 0 Å². The number of rotatable bonds is 6. The normalized spacial score (nSPS) is 19.7. The van der Waals surface area contributed by atoms with E-state index in [4.69, 9.17) is 4.98 Å². The molecule has 0 amide bonds. The summed E-state index contributed by atoms with van der Waals surface area (Å²) in [6, 6.07) is 10.7. The molecule has 6 heteroatoms. The average molecular weight is 374 g/mol. The fourth-order valence-electron chi connectivity index (χ4n) is 3.79. The Kier molecular flexibility index (Phi) is 4.88. The lowest BCUT2D eigenvalue weighted by Gasteiger charge is -2.32. The minimum Gasteiger partial charge on any atom is -0.382 e. The van der Waals surface area contributed by atoms with Gasteiger partial charge in [-0.1, -0.05) is 31.5 Å². The van der Waals surface area contributed by atoms with Crippen LogP contribution in [-0.2, 0) is 16.4 Å². The van der Waals surface area contributed by atoms with Gasteiger partial charge in [-0.25, -0.2) is 12.7 Å². The molecule has 5 nitrogen and oxygen atoms in total. The lowest BCUT2D eigenvalue weighted by Crippen LogP contribution is -2.43. The number of aryl methyl sites for hydroxylation is 1. The second kappa shape index (κ2) is 7.16. The Hall–Kier alpha value is -1.66. The first-order valence-corrected chi connectivity index (χ1v) is 11.2. The van der Waals surface area contributed by atoms with Crippen LogP contribution < -0.4 is 5.32 Å². The van der Waals surface area contributed by atoms with Crippen molar-refractivity contribution in [2.45, 2.75) is 56.7 Å². The van der Waals surface area contributed by atoms with Crippen LogP contribution in [0, 0.1) is 0 Å². The van der Waals surface area contributed by atoms with Gasteiger partial charge >= 0.3 is 0 Å². The average Bonchev–Trinajstić information content (AvgIpc) is 3.48. The third-order valence-corrected chi connectivity index (χ3v) is 7.79. The molecule has 0 radical (unpaired) electrons. The van der Waals surface area contributed by atoms with E-state index in [-0.39, 0.29) is 5.25 Å². The predicted octanol–water partition coefficient (Wildman–Crippen LogP) is 3.56. The lowest BCUT2D eigenvalue weighted by molar-refractivity contribution is 0.329. The van der Waals surface area contributed by atoms with Gasteiger partial charge in [0.05, 0.1) is 10.8 Å². The van der Waals surface area contributed by atoms with Crippen molar-refractivity contribution in [2.75, 3.05) is 18.4 Å². The largest absolute Gasteiger partial charge is 0.382 e. The molecule has 1 aliphatic carbocycles. The number of sulfonamides is 1. The van der Waals surface area contributed by atoms with Gasteiger partial charge in [0, 0.05) is 35.9 Å². The van der Waals surface area contributed by atoms with Crippen LogP contribution in [-0.4, -0.2) is 42.1 Å². The van der Waals surface area contributed by atoms with Gasteiger partial charge in [-0.15, -0.1) is 0 Å². The Morgan fingerprint density at radius 1 is 1.15 bits per heavy atom. The molecule has 26 heavy (non-hydrogen) atoms. The van der Waals surface area contributed by atoms with E-state index in [2.05, 4.69) is 30.4 Å². The van der Waals surface area contributed by atoms with E-state index in [0.717, 1.165) is 60.8 Å². The van der Waals surface area contributed by atoms with Gasteiger partial charge < -0.3 is 5.32 Å². The second-order valence-electron chi connectivity index (χ2n) is 7.49. The fraction of sp³-hybridized carbons (Fsp3) is 0.550. The SMILES string of the molecule is CCCc1cc(NC2CCN(S(=O)(=O)C3CC3)CC2)c2ccccc2n1. The van der Waals surface area contributed by atoms with Crippen LogP contribution >= 0.6 is 0 Å². The summed E-state index contributed by atoms with van der Waals surface area (Å²) >= 11 is 0. The van der Waals surface area contributed by atoms with Crippen LogP contribution in [0.1, 0.15) is 44.7 Å². The summed E-state index contributed by atoms with van der Waals surface area (Å²) in [5.74, 6) is 0. The summed E-state index contributed by atoms with van der Waals surface area (Å²) in [6.45, 7) is 3.42. The Balaban J connectivity index is 1.49. The summed E-state index contributed by atoms with van der Waals surface area (Å²) in [7, 11) is -3.04. The third-order valence-electron chi connectivity index (χ3n) is 5.39. The van der Waals surface area contributed by atoms with Gasteiger partial charge in [0.1, 0.15) is 0 Å². The number of anilines is 1. The van der Waals surface area contributed by atoms with Gasteiger partial charge in [-0.2, -0.15) is 0 Å². The molecule has 1 saturated carbocycles. The van der Waals surface area contributed by atoms with E-state index >= 15 is 0 Å². The van der Waals surface area contributed by atoms with Crippen LogP contribution in [0.15, 0.2) is 30.3 Å². The fourth-order valence-corrected chi connectivity index (χ4v) is 5.66. The molecule has 1 aromatic heterocycles. The number of nitrogens with one attached hydrogen (secondary N) is 1. The van der Waals surface area contributed by atoms with Crippen molar-refractivity contribution < 1.29 is 8.42 Å². The van der Waals surface area contributed by atoms with Crippen LogP contribution in [0.3, 0.4) is 0 Å². The summed E-state index contributed by atoms with van der Waals surface area (Å²) in [5, 5.41) is 4.71. The maximum absolute atomic E-state index is 12.4. The maximum Gasteiger partial charge on any atom is 0.216 e. The zero-order valence-corrected chi connectivity index (χ0v) is 16.1. The van der Waals surface area contributed by atoms with Crippen LogP contribution in [0.4, 0.5) is 5.69 Å². The van der Waals surface area contributed by atoms with Crippen molar-refractivity contribution in [3.8, 4) is 0 Å². The van der Waals surface area contributed by atoms with Gasteiger partial charge in [-0.3, -0.25) is 4.98 Å². The van der Waals surface area contributed by atoms with E-state index in [1.807, 2.05) is 12.1 Å². The van der Waals surface area contributed by atoms with E-state index in [0.29, 0.717) is 19.1 Å². The van der Waals surface area contributed by atoms with Gasteiger partial charge in [-0.05, 0) is 44.2 Å². The number of hydrogen-bond acceptors (Lipinski definition) is 4. The van der Waals surface area contributed by atoms with Gasteiger partial charge in [0.15, 0.2) is 0 Å². The van der Waals surface area contributed by atoms with E-state index in [1.165, 1.54) is 0 Å². The molecule has 0 bridgehead atoms. The standard InChI is InChI=1S/C20H27N3O2S/c1-2-5-16-14-20(18-6-3-4-7-19(18)22-16)21-15-10-12-23(13-11-15)26(24,25)17-8-9-17/h3-4,6-7,14-15,17H,2,5,8-13H2,1H3,(H,21,22). The highest BCUT2D eigenvalue weighted by Crippen LogP contribution is 2.33. The van der Waals surface area contributed by atoms with E-state index in [1.54, 1.807) is 4.31 Å². The molecule has 140 valence electrons. The molecular weight excluding hydrogens is 346 g/mol. The molecule has 1 aromatic carbocycles. The number of hydrogen-bond donors (Lipinski definition) is 1. The number of fused-ring (bicyclic) bond motifs is 1.